The van der Waals surface area contributed by atoms with Crippen molar-refractivity contribution in [3.05, 3.63) is 83.7 Å². The van der Waals surface area contributed by atoms with Gasteiger partial charge in [0.15, 0.2) is 17.4 Å². The van der Waals surface area contributed by atoms with Crippen molar-refractivity contribution >= 4 is 30.9 Å². The second-order valence-electron chi connectivity index (χ2n) is 11.5. The van der Waals surface area contributed by atoms with E-state index in [1.54, 1.807) is 35.0 Å². The van der Waals surface area contributed by atoms with Crippen molar-refractivity contribution in [3.8, 4) is 11.5 Å². The molecule has 3 heterocycles. The molecule has 0 spiro atoms. The molecule has 1 aliphatic heterocycles. The van der Waals surface area contributed by atoms with Gasteiger partial charge in [0, 0.05) is 44.8 Å². The Morgan fingerprint density at radius 2 is 1.86 bits per heavy atom. The fraction of sp³-hybridized carbons (Fsp3) is 0.333. The number of fused-ring (bicyclic) bond motifs is 1. The van der Waals surface area contributed by atoms with E-state index in [2.05, 4.69) is 29.9 Å². The lowest BCUT2D eigenvalue weighted by molar-refractivity contribution is -0.184. The molecule has 1 saturated heterocycles. The molecule has 2 aromatic carbocycles. The third kappa shape index (κ3) is 6.79. The minimum atomic E-state index is -1.31. The summed E-state index contributed by atoms with van der Waals surface area (Å²) in [7, 11) is -1.29. The number of pyridine rings is 1. The zero-order valence-electron chi connectivity index (χ0n) is 23.7. The molecule has 9 nitrogen and oxygen atoms in total. The minimum Gasteiger partial charge on any atom is -0.450 e. The lowest BCUT2D eigenvalue weighted by Crippen LogP contribution is -2.46. The van der Waals surface area contributed by atoms with Gasteiger partial charge in [0.05, 0.1) is 24.3 Å². The smallest absolute Gasteiger partial charge is 0.411 e. The van der Waals surface area contributed by atoms with Gasteiger partial charge in [-0.1, -0.05) is 50.0 Å². The number of aromatic nitrogens is 2. The first-order chi connectivity index (χ1) is 20.0. The fourth-order valence-electron chi connectivity index (χ4n) is 4.43. The number of nitrogens with zero attached hydrogens (tertiary/aromatic N) is 2. The summed E-state index contributed by atoms with van der Waals surface area (Å²) >= 11 is 0. The Balaban J connectivity index is 1.37. The lowest BCUT2D eigenvalue weighted by atomic mass is 9.92. The van der Waals surface area contributed by atoms with Gasteiger partial charge in [-0.05, 0) is 17.7 Å². The number of hydrogen-bond acceptors (Lipinski definition) is 7. The van der Waals surface area contributed by atoms with Gasteiger partial charge < -0.3 is 28.6 Å². The first kappa shape index (κ1) is 29.6. The Bertz CT molecular complexity index is 1550. The van der Waals surface area contributed by atoms with Crippen LogP contribution in [0.3, 0.4) is 0 Å². The summed E-state index contributed by atoms with van der Waals surface area (Å²) in [6.07, 6.45) is 2.30. The van der Waals surface area contributed by atoms with Crippen LogP contribution in [-0.4, -0.2) is 48.6 Å². The number of amides is 1. The SMILES string of the molecule is C[Si](C)(C)CCOCn1cc(C2(O)COC2)c2c(Oc3c(F)cc(NC(=O)OCc4ccccc4)cc3F)ccnc21. The molecular weight excluding hydrogens is 564 g/mol. The molecule has 0 radical (unpaired) electrons. The van der Waals surface area contributed by atoms with E-state index in [1.807, 2.05) is 6.07 Å². The van der Waals surface area contributed by atoms with Gasteiger partial charge in [-0.2, -0.15) is 0 Å². The van der Waals surface area contributed by atoms with E-state index < -0.39 is 37.2 Å². The van der Waals surface area contributed by atoms with Crippen LogP contribution in [-0.2, 0) is 33.1 Å². The highest BCUT2D eigenvalue weighted by molar-refractivity contribution is 6.76. The minimum absolute atomic E-state index is 0.000397. The number of carbonyl (C=O) groups excluding carboxylic acids is 1. The molecule has 2 aromatic heterocycles. The van der Waals surface area contributed by atoms with Crippen LogP contribution < -0.4 is 10.1 Å². The Labute approximate surface area is 243 Å². The molecule has 0 bridgehead atoms. The molecule has 4 aromatic rings. The van der Waals surface area contributed by atoms with Gasteiger partial charge in [0.25, 0.3) is 0 Å². The van der Waals surface area contributed by atoms with Gasteiger partial charge in [-0.3, -0.25) is 5.32 Å². The van der Waals surface area contributed by atoms with Crippen LogP contribution in [0.2, 0.25) is 25.7 Å². The maximum Gasteiger partial charge on any atom is 0.411 e. The first-order valence-corrected chi connectivity index (χ1v) is 17.2. The normalized spacial score (nSPS) is 14.4. The number of hydrogen-bond donors (Lipinski definition) is 2. The van der Waals surface area contributed by atoms with Crippen molar-refractivity contribution in [1.29, 1.82) is 0 Å². The van der Waals surface area contributed by atoms with Crippen LogP contribution in [0.1, 0.15) is 11.1 Å². The molecule has 12 heteroatoms. The Morgan fingerprint density at radius 1 is 1.14 bits per heavy atom. The molecule has 1 fully saturated rings. The highest BCUT2D eigenvalue weighted by Crippen LogP contribution is 2.41. The molecule has 222 valence electrons. The van der Waals surface area contributed by atoms with Gasteiger partial charge in [0.2, 0.25) is 0 Å². The van der Waals surface area contributed by atoms with Crippen LogP contribution in [0.4, 0.5) is 19.3 Å². The maximum atomic E-state index is 15.2. The zero-order valence-corrected chi connectivity index (χ0v) is 24.7. The van der Waals surface area contributed by atoms with Gasteiger partial charge in [-0.15, -0.1) is 0 Å². The molecule has 0 unspecified atom stereocenters. The average Bonchev–Trinajstić information content (AvgIpc) is 3.30. The largest absolute Gasteiger partial charge is 0.450 e. The van der Waals surface area contributed by atoms with E-state index in [9.17, 15) is 9.90 Å². The number of aliphatic hydroxyl groups is 1. The van der Waals surface area contributed by atoms with Crippen LogP contribution in [0.25, 0.3) is 11.0 Å². The first-order valence-electron chi connectivity index (χ1n) is 13.5. The number of carbonyl (C=O) groups is 1. The van der Waals surface area contributed by atoms with Crippen LogP contribution >= 0.6 is 0 Å². The number of nitrogens with one attached hydrogen (secondary N) is 1. The summed E-state index contributed by atoms with van der Waals surface area (Å²) in [6, 6.07) is 13.3. The Morgan fingerprint density at radius 3 is 2.50 bits per heavy atom. The predicted molar refractivity (Wildman–Crippen MR) is 155 cm³/mol. The van der Waals surface area contributed by atoms with Gasteiger partial charge in [0.1, 0.15) is 30.3 Å². The topological polar surface area (TPSA) is 104 Å². The number of halogens is 2. The zero-order chi connectivity index (χ0) is 29.9. The van der Waals surface area contributed by atoms with Crippen molar-refractivity contribution in [2.75, 3.05) is 25.1 Å². The molecule has 5 rings (SSSR count). The molecule has 1 amide bonds. The average molecular weight is 598 g/mol. The molecule has 0 aliphatic carbocycles. The predicted octanol–water partition coefficient (Wildman–Crippen LogP) is 6.39. The van der Waals surface area contributed by atoms with Crippen molar-refractivity contribution in [3.63, 3.8) is 0 Å². The van der Waals surface area contributed by atoms with E-state index in [0.29, 0.717) is 23.2 Å². The fourth-order valence-corrected chi connectivity index (χ4v) is 5.19. The monoisotopic (exact) mass is 597 g/mol. The molecule has 42 heavy (non-hydrogen) atoms. The molecular formula is C30H33F2N3O6Si. The Hall–Kier alpha value is -3.84. The van der Waals surface area contributed by atoms with E-state index in [4.69, 9.17) is 18.9 Å². The summed E-state index contributed by atoms with van der Waals surface area (Å²) in [4.78, 5) is 16.6. The summed E-state index contributed by atoms with van der Waals surface area (Å²) in [5.74, 6) is -2.66. The lowest BCUT2D eigenvalue weighted by Gasteiger charge is -2.36. The van der Waals surface area contributed by atoms with Crippen LogP contribution in [0.5, 0.6) is 11.5 Å². The van der Waals surface area contributed by atoms with E-state index >= 15 is 8.78 Å². The van der Waals surface area contributed by atoms with Gasteiger partial charge >= 0.3 is 6.09 Å². The Kier molecular flexibility index (Phi) is 8.59. The second kappa shape index (κ2) is 12.2. The van der Waals surface area contributed by atoms with Crippen LogP contribution in [0.15, 0.2) is 60.9 Å². The third-order valence-electron chi connectivity index (χ3n) is 6.80. The van der Waals surface area contributed by atoms with E-state index in [1.165, 1.54) is 12.3 Å². The summed E-state index contributed by atoms with van der Waals surface area (Å²) in [5.41, 5.74) is 0.200. The molecule has 2 N–H and O–H groups in total. The van der Waals surface area contributed by atoms with Crippen molar-refractivity contribution in [1.82, 2.24) is 9.55 Å². The quantitative estimate of drug-likeness (QED) is 0.153. The summed E-state index contributed by atoms with van der Waals surface area (Å²) in [5, 5.41) is 13.9. The molecule has 0 saturated carbocycles. The highest BCUT2D eigenvalue weighted by Gasteiger charge is 2.41. The highest BCUT2D eigenvalue weighted by atomic mass is 28.3. The summed E-state index contributed by atoms with van der Waals surface area (Å²) < 4.78 is 54.1. The summed E-state index contributed by atoms with van der Waals surface area (Å²) in [6.45, 7) is 7.64. The maximum absolute atomic E-state index is 15.2. The van der Waals surface area contributed by atoms with Gasteiger partial charge in [-0.25, -0.2) is 18.6 Å². The van der Waals surface area contributed by atoms with Crippen molar-refractivity contribution in [2.24, 2.45) is 0 Å². The number of anilines is 1. The van der Waals surface area contributed by atoms with Crippen LogP contribution in [0, 0.1) is 11.6 Å². The molecule has 1 aliphatic rings. The van der Waals surface area contributed by atoms with E-state index in [0.717, 1.165) is 23.7 Å². The number of ether oxygens (including phenoxy) is 4. The standard InChI is InChI=1S/C30H33F2N3O6Si/c1-42(2,3)12-11-38-19-35-15-22(30(37)17-39-18-30)26-25(9-10-33-28(26)35)41-27-23(31)13-21(14-24(27)32)34-29(36)40-16-20-7-5-4-6-8-20/h4-10,13-15,37H,11-12,16-19H2,1-3H3,(H,34,36). The third-order valence-corrected chi connectivity index (χ3v) is 8.50. The van der Waals surface area contributed by atoms with Crippen molar-refractivity contribution in [2.45, 2.75) is 44.6 Å². The molecule has 0 atom stereocenters. The second-order valence-corrected chi connectivity index (χ2v) is 17.1. The number of rotatable bonds is 11. The number of benzene rings is 2. The van der Waals surface area contributed by atoms with Crippen molar-refractivity contribution < 1.29 is 37.6 Å². The van der Waals surface area contributed by atoms with E-state index in [-0.39, 0.29) is 38.0 Å².